The lowest BCUT2D eigenvalue weighted by Crippen LogP contribution is -2.25. The van der Waals surface area contributed by atoms with Crippen molar-refractivity contribution in [3.05, 3.63) is 51.4 Å². The Labute approximate surface area is 149 Å². The molecule has 0 bridgehead atoms. The van der Waals surface area contributed by atoms with E-state index in [2.05, 4.69) is 10.3 Å². The first-order valence-electron chi connectivity index (χ1n) is 8.73. The van der Waals surface area contributed by atoms with Gasteiger partial charge in [-0.3, -0.25) is 4.79 Å². The molecule has 0 saturated heterocycles. The van der Waals surface area contributed by atoms with Crippen LogP contribution in [0.2, 0.25) is 0 Å². The van der Waals surface area contributed by atoms with Gasteiger partial charge in [0, 0.05) is 28.7 Å². The van der Waals surface area contributed by atoms with E-state index in [0.29, 0.717) is 17.6 Å². The number of carbonyl (C=O) groups is 1. The van der Waals surface area contributed by atoms with Crippen molar-refractivity contribution >= 4 is 28.1 Å². The second kappa shape index (κ2) is 6.96. The summed E-state index contributed by atoms with van der Waals surface area (Å²) in [5, 5.41) is 4.81. The van der Waals surface area contributed by atoms with Gasteiger partial charge in [0.05, 0.1) is 10.7 Å². The summed E-state index contributed by atoms with van der Waals surface area (Å²) in [5.41, 5.74) is 2.52. The second-order valence-corrected chi connectivity index (χ2v) is 7.63. The van der Waals surface area contributed by atoms with Crippen molar-refractivity contribution in [1.29, 1.82) is 0 Å². The molecule has 0 unspecified atom stereocenters. The molecule has 0 fully saturated rings. The maximum absolute atomic E-state index is 13.2. The highest BCUT2D eigenvalue weighted by Gasteiger charge is 2.15. The Hall–Kier alpha value is -2.21. The van der Waals surface area contributed by atoms with E-state index in [1.165, 1.54) is 47.0 Å². The monoisotopic (exact) mass is 357 g/mol. The number of nitrogens with one attached hydrogen (secondary N) is 2. The molecule has 2 aromatic heterocycles. The van der Waals surface area contributed by atoms with E-state index >= 15 is 0 Å². The van der Waals surface area contributed by atoms with Gasteiger partial charge in [-0.15, -0.1) is 11.3 Å². The number of amides is 1. The highest BCUT2D eigenvalue weighted by molar-refractivity contribution is 7.11. The summed E-state index contributed by atoms with van der Waals surface area (Å²) in [6.07, 6.45) is 6.58. The second-order valence-electron chi connectivity index (χ2n) is 6.46. The van der Waals surface area contributed by atoms with Crippen LogP contribution in [-0.4, -0.2) is 22.4 Å². The number of fused-ring (bicyclic) bond motifs is 2. The number of thiazole rings is 1. The zero-order valence-corrected chi connectivity index (χ0v) is 14.7. The number of H-pyrrole nitrogens is 1. The fourth-order valence-electron chi connectivity index (χ4n) is 3.27. The summed E-state index contributed by atoms with van der Waals surface area (Å²) >= 11 is 1.83. The van der Waals surface area contributed by atoms with Crippen LogP contribution in [0.15, 0.2) is 24.3 Å². The van der Waals surface area contributed by atoms with E-state index in [1.807, 2.05) is 11.3 Å². The van der Waals surface area contributed by atoms with Gasteiger partial charge >= 0.3 is 0 Å². The van der Waals surface area contributed by atoms with Gasteiger partial charge in [-0.1, -0.05) is 0 Å². The highest BCUT2D eigenvalue weighted by atomic mass is 32.1. The number of hydrogen-bond donors (Lipinski definition) is 2. The lowest BCUT2D eigenvalue weighted by Gasteiger charge is -2.06. The molecule has 1 aliphatic rings. The van der Waals surface area contributed by atoms with Crippen LogP contribution >= 0.6 is 11.3 Å². The molecule has 0 spiro atoms. The van der Waals surface area contributed by atoms with E-state index in [0.717, 1.165) is 24.8 Å². The number of hydrogen-bond acceptors (Lipinski definition) is 3. The summed E-state index contributed by atoms with van der Waals surface area (Å²) in [6.45, 7) is 0.604. The first-order chi connectivity index (χ1) is 12.2. The number of rotatable bonds is 5. The van der Waals surface area contributed by atoms with E-state index in [1.54, 1.807) is 12.1 Å². The van der Waals surface area contributed by atoms with Crippen LogP contribution in [0.4, 0.5) is 4.39 Å². The molecule has 0 aliphatic heterocycles. The Morgan fingerprint density at radius 3 is 3.04 bits per heavy atom. The minimum Gasteiger partial charge on any atom is -0.351 e. The summed E-state index contributed by atoms with van der Waals surface area (Å²) in [4.78, 5) is 21.4. The molecule has 4 nitrogen and oxygen atoms in total. The van der Waals surface area contributed by atoms with Gasteiger partial charge in [0.25, 0.3) is 5.91 Å². The third-order valence-corrected chi connectivity index (χ3v) is 5.79. The van der Waals surface area contributed by atoms with Crippen molar-refractivity contribution in [3.63, 3.8) is 0 Å². The van der Waals surface area contributed by atoms with Crippen LogP contribution in [0, 0.1) is 5.82 Å². The van der Waals surface area contributed by atoms with Gasteiger partial charge in [-0.2, -0.15) is 0 Å². The number of carbonyl (C=O) groups excluding carboxylic acids is 1. The third kappa shape index (κ3) is 3.58. The van der Waals surface area contributed by atoms with Crippen molar-refractivity contribution in [2.45, 2.75) is 38.5 Å². The number of aryl methyl sites for hydroxylation is 3. The average molecular weight is 357 g/mol. The SMILES string of the molecule is O=C(NCCCc1nc2c(s1)CCCC2)c1cc2cc(F)ccc2[nH]1. The molecule has 130 valence electrons. The third-order valence-electron chi connectivity index (χ3n) is 4.57. The number of benzene rings is 1. The molecular formula is C19H20FN3OS. The van der Waals surface area contributed by atoms with Crippen LogP contribution in [0.25, 0.3) is 10.9 Å². The number of halogens is 1. The molecular weight excluding hydrogens is 337 g/mol. The average Bonchev–Trinajstić information content (AvgIpc) is 3.21. The lowest BCUT2D eigenvalue weighted by atomic mass is 10.0. The van der Waals surface area contributed by atoms with Gasteiger partial charge in [0.1, 0.15) is 11.5 Å². The van der Waals surface area contributed by atoms with Crippen LogP contribution in [0.5, 0.6) is 0 Å². The predicted molar refractivity (Wildman–Crippen MR) is 97.7 cm³/mol. The van der Waals surface area contributed by atoms with Crippen LogP contribution in [-0.2, 0) is 19.3 Å². The highest BCUT2D eigenvalue weighted by Crippen LogP contribution is 2.27. The molecule has 0 atom stereocenters. The minimum atomic E-state index is -0.301. The first-order valence-corrected chi connectivity index (χ1v) is 9.54. The molecule has 0 saturated carbocycles. The number of nitrogens with zero attached hydrogens (tertiary/aromatic N) is 1. The molecule has 0 radical (unpaired) electrons. The van der Waals surface area contributed by atoms with Crippen molar-refractivity contribution in [2.75, 3.05) is 6.54 Å². The smallest absolute Gasteiger partial charge is 0.267 e. The number of aromatic amines is 1. The molecule has 2 heterocycles. The van der Waals surface area contributed by atoms with Crippen molar-refractivity contribution < 1.29 is 9.18 Å². The normalized spacial score (nSPS) is 13.8. The summed E-state index contributed by atoms with van der Waals surface area (Å²) in [5.74, 6) is -0.459. The van der Waals surface area contributed by atoms with Gasteiger partial charge in [-0.05, 0) is 56.4 Å². The van der Waals surface area contributed by atoms with Crippen LogP contribution in [0.3, 0.4) is 0 Å². The first kappa shape index (κ1) is 16.3. The Morgan fingerprint density at radius 1 is 1.28 bits per heavy atom. The van der Waals surface area contributed by atoms with Gasteiger partial charge < -0.3 is 10.3 Å². The molecule has 3 aromatic rings. The Kier molecular flexibility index (Phi) is 4.53. The van der Waals surface area contributed by atoms with Crippen molar-refractivity contribution in [1.82, 2.24) is 15.3 Å². The fourth-order valence-corrected chi connectivity index (χ4v) is 4.47. The van der Waals surface area contributed by atoms with E-state index in [4.69, 9.17) is 4.98 Å². The molecule has 2 N–H and O–H groups in total. The van der Waals surface area contributed by atoms with Gasteiger partial charge in [0.15, 0.2) is 0 Å². The summed E-state index contributed by atoms with van der Waals surface area (Å²) in [6, 6.07) is 6.13. The quantitative estimate of drug-likeness (QED) is 0.678. The van der Waals surface area contributed by atoms with E-state index < -0.39 is 0 Å². The fraction of sp³-hybridized carbons (Fsp3) is 0.368. The standard InChI is InChI=1S/C19H20FN3OS/c20-13-7-8-14-12(10-13)11-16(22-14)19(24)21-9-3-6-18-23-15-4-1-2-5-17(15)25-18/h7-8,10-11,22H,1-6,9H2,(H,21,24). The lowest BCUT2D eigenvalue weighted by molar-refractivity contribution is 0.0949. The van der Waals surface area contributed by atoms with Crippen molar-refractivity contribution in [2.24, 2.45) is 0 Å². The summed E-state index contributed by atoms with van der Waals surface area (Å²) < 4.78 is 13.2. The van der Waals surface area contributed by atoms with E-state index in [9.17, 15) is 9.18 Å². The maximum atomic E-state index is 13.2. The van der Waals surface area contributed by atoms with Crippen molar-refractivity contribution in [3.8, 4) is 0 Å². The molecule has 6 heteroatoms. The molecule has 1 aliphatic carbocycles. The van der Waals surface area contributed by atoms with Crippen LogP contribution < -0.4 is 5.32 Å². The zero-order valence-electron chi connectivity index (χ0n) is 13.9. The Bertz CT molecular complexity index is 891. The number of aromatic nitrogens is 2. The molecule has 25 heavy (non-hydrogen) atoms. The molecule has 1 aromatic carbocycles. The molecule has 4 rings (SSSR count). The summed E-state index contributed by atoms with van der Waals surface area (Å²) in [7, 11) is 0. The maximum Gasteiger partial charge on any atom is 0.267 e. The Morgan fingerprint density at radius 2 is 2.16 bits per heavy atom. The minimum absolute atomic E-state index is 0.157. The van der Waals surface area contributed by atoms with E-state index in [-0.39, 0.29) is 11.7 Å². The van der Waals surface area contributed by atoms with Crippen LogP contribution in [0.1, 0.15) is 45.3 Å². The largest absolute Gasteiger partial charge is 0.351 e. The van der Waals surface area contributed by atoms with Gasteiger partial charge in [0.2, 0.25) is 0 Å². The predicted octanol–water partition coefficient (Wildman–Crippen LogP) is 4.00. The van der Waals surface area contributed by atoms with Gasteiger partial charge in [-0.25, -0.2) is 9.37 Å². The topological polar surface area (TPSA) is 57.8 Å². The molecule has 1 amide bonds. The Balaban J connectivity index is 1.30. The zero-order chi connectivity index (χ0) is 17.2.